The second-order valence-electron chi connectivity index (χ2n) is 4.32. The van der Waals surface area contributed by atoms with Gasteiger partial charge in [-0.3, -0.25) is 4.72 Å². The molecule has 2 aromatic rings. The Hall–Kier alpha value is -0.850. The molecule has 0 fully saturated rings. The normalized spacial score (nSPS) is 11.6. The highest BCUT2D eigenvalue weighted by Gasteiger charge is 2.21. The molecule has 3 nitrogen and oxygen atoms in total. The molecule has 0 radical (unpaired) electrons. The van der Waals surface area contributed by atoms with E-state index in [2.05, 4.69) is 20.7 Å². The van der Waals surface area contributed by atoms with Crippen LogP contribution in [0.15, 0.2) is 38.3 Å². The van der Waals surface area contributed by atoms with Crippen molar-refractivity contribution < 1.29 is 8.42 Å². The highest BCUT2D eigenvalue weighted by Crippen LogP contribution is 2.31. The Morgan fingerprint density at radius 1 is 1.15 bits per heavy atom. The van der Waals surface area contributed by atoms with Gasteiger partial charge in [-0.15, -0.1) is 11.3 Å². The Morgan fingerprint density at radius 2 is 1.75 bits per heavy atom. The maximum atomic E-state index is 12.5. The number of para-hydroxylation sites is 1. The molecule has 1 aromatic carbocycles. The van der Waals surface area contributed by atoms with Gasteiger partial charge < -0.3 is 0 Å². The first kappa shape index (κ1) is 15.5. The van der Waals surface area contributed by atoms with Gasteiger partial charge in [0.05, 0.1) is 5.69 Å². The van der Waals surface area contributed by atoms with Gasteiger partial charge in [0.15, 0.2) is 4.21 Å². The maximum Gasteiger partial charge on any atom is 0.272 e. The third-order valence-corrected chi connectivity index (χ3v) is 7.08. The second-order valence-corrected chi connectivity index (χ2v) is 7.97. The summed E-state index contributed by atoms with van der Waals surface area (Å²) in [6.45, 7) is 4.04. The second kappa shape index (κ2) is 6.28. The van der Waals surface area contributed by atoms with Crippen LogP contribution in [-0.2, 0) is 22.9 Å². The minimum absolute atomic E-state index is 0.311. The molecular formula is C14H16BrNO2S2. The molecule has 0 aliphatic carbocycles. The molecular weight excluding hydrogens is 358 g/mol. The van der Waals surface area contributed by atoms with Crippen LogP contribution in [0.5, 0.6) is 0 Å². The molecule has 0 amide bonds. The first-order valence-electron chi connectivity index (χ1n) is 6.36. The summed E-state index contributed by atoms with van der Waals surface area (Å²) < 4.78 is 28.6. The average Bonchev–Trinajstić information content (AvgIpc) is 2.85. The number of aryl methyl sites for hydroxylation is 2. The summed E-state index contributed by atoms with van der Waals surface area (Å²) in [6, 6.07) is 7.63. The largest absolute Gasteiger partial charge is 0.278 e. The lowest BCUT2D eigenvalue weighted by atomic mass is 10.0. The fraction of sp³-hybridized carbons (Fsp3) is 0.286. The Morgan fingerprint density at radius 3 is 2.20 bits per heavy atom. The van der Waals surface area contributed by atoms with E-state index >= 15 is 0 Å². The van der Waals surface area contributed by atoms with Crippen molar-refractivity contribution in [3.8, 4) is 0 Å². The van der Waals surface area contributed by atoms with Gasteiger partial charge in [-0.1, -0.05) is 32.0 Å². The first-order valence-corrected chi connectivity index (χ1v) is 9.51. The average molecular weight is 374 g/mol. The van der Waals surface area contributed by atoms with Crippen molar-refractivity contribution >= 4 is 43.0 Å². The predicted molar refractivity (Wildman–Crippen MR) is 88.0 cm³/mol. The van der Waals surface area contributed by atoms with Crippen LogP contribution in [0.25, 0.3) is 0 Å². The van der Waals surface area contributed by atoms with E-state index in [4.69, 9.17) is 0 Å². The molecule has 0 atom stereocenters. The lowest BCUT2D eigenvalue weighted by Gasteiger charge is -2.15. The lowest BCUT2D eigenvalue weighted by molar-refractivity contribution is 0.602. The number of thiophene rings is 1. The van der Waals surface area contributed by atoms with E-state index in [1.165, 1.54) is 11.3 Å². The summed E-state index contributed by atoms with van der Waals surface area (Å²) in [5, 5.41) is 1.76. The Labute approximate surface area is 132 Å². The monoisotopic (exact) mass is 373 g/mol. The quantitative estimate of drug-likeness (QED) is 0.841. The summed E-state index contributed by atoms with van der Waals surface area (Å²) in [5.74, 6) is 0. The van der Waals surface area contributed by atoms with Crippen LogP contribution < -0.4 is 4.72 Å². The van der Waals surface area contributed by atoms with Gasteiger partial charge in [-0.05, 0) is 51.3 Å². The smallest absolute Gasteiger partial charge is 0.272 e. The molecule has 1 aromatic heterocycles. The van der Waals surface area contributed by atoms with Gasteiger partial charge in [0, 0.05) is 4.47 Å². The molecule has 1 heterocycles. The maximum absolute atomic E-state index is 12.5. The minimum atomic E-state index is -3.54. The van der Waals surface area contributed by atoms with Crippen molar-refractivity contribution in [1.82, 2.24) is 0 Å². The van der Waals surface area contributed by atoms with Crippen LogP contribution in [0.4, 0.5) is 5.69 Å². The SMILES string of the molecule is CCc1cccc(CC)c1NS(=O)(=O)c1sccc1Br. The van der Waals surface area contributed by atoms with Crippen LogP contribution in [-0.4, -0.2) is 8.42 Å². The molecule has 0 saturated heterocycles. The van der Waals surface area contributed by atoms with Gasteiger partial charge in [0.25, 0.3) is 10.0 Å². The van der Waals surface area contributed by atoms with E-state index in [0.29, 0.717) is 8.68 Å². The van der Waals surface area contributed by atoms with Gasteiger partial charge in [0.1, 0.15) is 0 Å². The molecule has 1 N–H and O–H groups in total. The van der Waals surface area contributed by atoms with Gasteiger partial charge in [0.2, 0.25) is 0 Å². The molecule has 20 heavy (non-hydrogen) atoms. The standard InChI is InChI=1S/C14H16BrNO2S2/c1-3-10-6-5-7-11(4-2)13(10)16-20(17,18)14-12(15)8-9-19-14/h5-9,16H,3-4H2,1-2H3. The number of anilines is 1. The zero-order chi connectivity index (χ0) is 14.8. The van der Waals surface area contributed by atoms with E-state index in [1.54, 1.807) is 11.4 Å². The van der Waals surface area contributed by atoms with Crippen molar-refractivity contribution in [1.29, 1.82) is 0 Å². The number of sulfonamides is 1. The zero-order valence-corrected chi connectivity index (χ0v) is 14.5. The summed E-state index contributed by atoms with van der Waals surface area (Å²) in [6.07, 6.45) is 1.58. The highest BCUT2D eigenvalue weighted by atomic mass is 79.9. The number of halogens is 1. The van der Waals surface area contributed by atoms with E-state index in [-0.39, 0.29) is 0 Å². The van der Waals surface area contributed by atoms with E-state index in [1.807, 2.05) is 32.0 Å². The summed E-state index contributed by atoms with van der Waals surface area (Å²) in [7, 11) is -3.54. The van der Waals surface area contributed by atoms with Crippen molar-refractivity contribution in [3.05, 3.63) is 45.2 Å². The number of rotatable bonds is 5. The van der Waals surface area contributed by atoms with Crippen LogP contribution >= 0.6 is 27.3 Å². The van der Waals surface area contributed by atoms with Crippen molar-refractivity contribution in [2.75, 3.05) is 4.72 Å². The summed E-state index contributed by atoms with van der Waals surface area (Å²) in [4.78, 5) is 0. The number of hydrogen-bond acceptors (Lipinski definition) is 3. The molecule has 0 bridgehead atoms. The third kappa shape index (κ3) is 3.07. The molecule has 108 valence electrons. The fourth-order valence-electron chi connectivity index (χ4n) is 2.03. The molecule has 6 heteroatoms. The fourth-order valence-corrected chi connectivity index (χ4v) is 5.51. The van der Waals surface area contributed by atoms with Gasteiger partial charge in [-0.25, -0.2) is 8.42 Å². The zero-order valence-electron chi connectivity index (χ0n) is 11.3. The van der Waals surface area contributed by atoms with Crippen LogP contribution in [0.3, 0.4) is 0 Å². The molecule has 0 aliphatic rings. The molecule has 0 aliphatic heterocycles. The number of hydrogen-bond donors (Lipinski definition) is 1. The molecule has 2 rings (SSSR count). The Kier molecular flexibility index (Phi) is 4.88. The van der Waals surface area contributed by atoms with Crippen molar-refractivity contribution in [2.45, 2.75) is 30.9 Å². The van der Waals surface area contributed by atoms with Crippen LogP contribution in [0.1, 0.15) is 25.0 Å². The van der Waals surface area contributed by atoms with Crippen LogP contribution in [0.2, 0.25) is 0 Å². The Balaban J connectivity index is 2.47. The number of nitrogens with one attached hydrogen (secondary N) is 1. The minimum Gasteiger partial charge on any atom is -0.278 e. The van der Waals surface area contributed by atoms with E-state index in [9.17, 15) is 8.42 Å². The first-order chi connectivity index (χ1) is 9.49. The van der Waals surface area contributed by atoms with Gasteiger partial charge in [-0.2, -0.15) is 0 Å². The summed E-state index contributed by atoms with van der Waals surface area (Å²) >= 11 is 4.48. The third-order valence-electron chi connectivity index (χ3n) is 3.06. The van der Waals surface area contributed by atoms with E-state index in [0.717, 1.165) is 29.7 Å². The van der Waals surface area contributed by atoms with Gasteiger partial charge >= 0.3 is 0 Å². The molecule has 0 unspecified atom stereocenters. The van der Waals surface area contributed by atoms with E-state index < -0.39 is 10.0 Å². The topological polar surface area (TPSA) is 46.2 Å². The molecule has 0 spiro atoms. The Bertz CT molecular complexity index is 685. The molecule has 0 saturated carbocycles. The van der Waals surface area contributed by atoms with Crippen molar-refractivity contribution in [3.63, 3.8) is 0 Å². The summed E-state index contributed by atoms with van der Waals surface area (Å²) in [5.41, 5.74) is 2.75. The predicted octanol–water partition coefficient (Wildman–Crippen LogP) is 4.44. The number of benzene rings is 1. The lowest BCUT2D eigenvalue weighted by Crippen LogP contribution is -2.15. The highest BCUT2D eigenvalue weighted by molar-refractivity contribution is 9.10. The van der Waals surface area contributed by atoms with Crippen molar-refractivity contribution in [2.24, 2.45) is 0 Å². The van der Waals surface area contributed by atoms with Crippen LogP contribution in [0, 0.1) is 0 Å².